The van der Waals surface area contributed by atoms with Gasteiger partial charge in [0.05, 0.1) is 0 Å². The molecule has 0 saturated carbocycles. The number of hydrogen-bond acceptors (Lipinski definition) is 6. The van der Waals surface area contributed by atoms with E-state index < -0.39 is 6.10 Å². The van der Waals surface area contributed by atoms with Crippen LogP contribution in [0.5, 0.6) is 0 Å². The van der Waals surface area contributed by atoms with Crippen LogP contribution in [-0.2, 0) is 28.6 Å². The van der Waals surface area contributed by atoms with Crippen LogP contribution in [0.2, 0.25) is 0 Å². The maximum Gasteiger partial charge on any atom is 0.306 e. The molecule has 0 spiro atoms. The monoisotopic (exact) mass is 1050 g/mol. The van der Waals surface area contributed by atoms with Gasteiger partial charge < -0.3 is 14.2 Å². The van der Waals surface area contributed by atoms with E-state index in [2.05, 4.69) is 130 Å². The van der Waals surface area contributed by atoms with E-state index in [4.69, 9.17) is 14.2 Å². The Hall–Kier alpha value is -3.93. The molecule has 6 heteroatoms. The maximum atomic E-state index is 12.8. The van der Waals surface area contributed by atoms with E-state index in [1.165, 1.54) is 135 Å². The second-order valence-corrected chi connectivity index (χ2v) is 20.9. The first kappa shape index (κ1) is 72.1. The molecule has 0 heterocycles. The van der Waals surface area contributed by atoms with Crippen molar-refractivity contribution in [1.29, 1.82) is 0 Å². The number of ether oxygens (including phenoxy) is 3. The number of hydrogen-bond donors (Lipinski definition) is 0. The van der Waals surface area contributed by atoms with Crippen LogP contribution in [0.3, 0.4) is 0 Å². The zero-order valence-corrected chi connectivity index (χ0v) is 49.7. The Morgan fingerprint density at radius 3 is 0.855 bits per heavy atom. The third kappa shape index (κ3) is 60.9. The van der Waals surface area contributed by atoms with Gasteiger partial charge in [0.1, 0.15) is 13.2 Å². The Bertz CT molecular complexity index is 1540. The fraction of sp³-hybridized carbons (Fsp3) is 0.700. The first-order valence-corrected chi connectivity index (χ1v) is 31.9. The number of carbonyl (C=O) groups is 3. The van der Waals surface area contributed by atoms with Crippen molar-refractivity contribution in [2.45, 2.75) is 303 Å². The van der Waals surface area contributed by atoms with Crippen LogP contribution >= 0.6 is 0 Å². The quantitative estimate of drug-likeness (QED) is 0.0261. The van der Waals surface area contributed by atoms with Crippen LogP contribution in [0.25, 0.3) is 0 Å². The molecule has 0 bridgehead atoms. The molecule has 0 rings (SSSR count). The standard InChI is InChI=1S/C70H118O6/c1-4-7-10-13-16-19-22-24-26-27-28-29-30-31-32-33-34-35-36-37-38-39-40-41-42-43-44-46-48-51-54-57-60-63-69(72)75-66-67(65-74-68(71)62-59-56-53-50-47-21-18-15-12-9-6-3)76-70(73)64-61-58-55-52-49-45-25-23-20-17-14-11-8-5-2/h7,10,15-16,18-19,23-26,28-29,31-32,34-35,37-38,67H,4-6,8-9,11-14,17,20-22,27,30,33,36,39-66H2,1-3H3/b10-7-,18-15-,19-16-,25-23-,26-24-,29-28-,32-31-,35-34-,38-37-. The topological polar surface area (TPSA) is 78.9 Å². The lowest BCUT2D eigenvalue weighted by Crippen LogP contribution is -2.30. The summed E-state index contributed by atoms with van der Waals surface area (Å²) in [6.07, 6.45) is 86.7. The molecule has 1 atom stereocenters. The molecule has 0 radical (unpaired) electrons. The lowest BCUT2D eigenvalue weighted by Gasteiger charge is -2.18. The van der Waals surface area contributed by atoms with Gasteiger partial charge in [-0.15, -0.1) is 0 Å². The van der Waals surface area contributed by atoms with Crippen LogP contribution in [0.15, 0.2) is 109 Å². The van der Waals surface area contributed by atoms with E-state index >= 15 is 0 Å². The SMILES string of the molecule is CC/C=C\C/C=C\C/C=C\C/C=C\C/C=C\C/C=C\C/C=C\CCCCCCCCCCCCCC(=O)OCC(COC(=O)CCCCCCC/C=C\CCCC)OC(=O)CCCCCCC/C=C\CCCCCCC. The molecule has 0 N–H and O–H groups in total. The molecular formula is C70H118O6. The zero-order chi connectivity index (χ0) is 55.0. The molecule has 0 aromatic rings. The van der Waals surface area contributed by atoms with E-state index in [-0.39, 0.29) is 31.1 Å². The average Bonchev–Trinajstić information content (AvgIpc) is 3.42. The lowest BCUT2D eigenvalue weighted by molar-refractivity contribution is -0.167. The van der Waals surface area contributed by atoms with E-state index in [1.807, 2.05) is 0 Å². The zero-order valence-electron chi connectivity index (χ0n) is 49.7. The number of unbranched alkanes of at least 4 members (excludes halogenated alkanes) is 28. The maximum absolute atomic E-state index is 12.8. The first-order chi connectivity index (χ1) is 37.5. The third-order valence-corrected chi connectivity index (χ3v) is 13.5. The molecule has 434 valence electrons. The van der Waals surface area contributed by atoms with Crippen molar-refractivity contribution < 1.29 is 28.6 Å². The highest BCUT2D eigenvalue weighted by molar-refractivity contribution is 5.71. The summed E-state index contributed by atoms with van der Waals surface area (Å²) in [4.78, 5) is 38.2. The van der Waals surface area contributed by atoms with Gasteiger partial charge in [0, 0.05) is 19.3 Å². The summed E-state index contributed by atoms with van der Waals surface area (Å²) in [5.74, 6) is -0.901. The van der Waals surface area contributed by atoms with Crippen molar-refractivity contribution in [3.63, 3.8) is 0 Å². The van der Waals surface area contributed by atoms with Crippen LogP contribution in [0.4, 0.5) is 0 Å². The fourth-order valence-electron chi connectivity index (χ4n) is 8.69. The minimum absolute atomic E-state index is 0.0846. The molecule has 0 aliphatic rings. The normalized spacial score (nSPS) is 12.8. The van der Waals surface area contributed by atoms with E-state index in [1.54, 1.807) is 0 Å². The minimum Gasteiger partial charge on any atom is -0.462 e. The molecule has 0 aliphatic heterocycles. The summed E-state index contributed by atoms with van der Waals surface area (Å²) in [6.45, 7) is 6.47. The summed E-state index contributed by atoms with van der Waals surface area (Å²) < 4.78 is 16.9. The van der Waals surface area contributed by atoms with Gasteiger partial charge in [0.25, 0.3) is 0 Å². The highest BCUT2D eigenvalue weighted by Gasteiger charge is 2.19. The Balaban J connectivity index is 4.18. The highest BCUT2D eigenvalue weighted by Crippen LogP contribution is 2.15. The smallest absolute Gasteiger partial charge is 0.306 e. The molecule has 0 aromatic carbocycles. The van der Waals surface area contributed by atoms with Crippen molar-refractivity contribution in [3.05, 3.63) is 109 Å². The molecule has 1 unspecified atom stereocenters. The highest BCUT2D eigenvalue weighted by atomic mass is 16.6. The Kier molecular flexibility index (Phi) is 60.3. The van der Waals surface area contributed by atoms with Crippen LogP contribution in [0.1, 0.15) is 297 Å². The number of allylic oxidation sites excluding steroid dienone is 18. The molecule has 0 saturated heterocycles. The Morgan fingerprint density at radius 1 is 0.276 bits per heavy atom. The summed E-state index contributed by atoms with van der Waals surface area (Å²) in [7, 11) is 0. The van der Waals surface area contributed by atoms with Gasteiger partial charge in [0.2, 0.25) is 0 Å². The Labute approximate surface area is 470 Å². The van der Waals surface area contributed by atoms with Crippen molar-refractivity contribution in [2.75, 3.05) is 13.2 Å². The van der Waals surface area contributed by atoms with Gasteiger partial charge in [-0.25, -0.2) is 0 Å². The summed E-state index contributed by atoms with van der Waals surface area (Å²) in [5.41, 5.74) is 0. The van der Waals surface area contributed by atoms with E-state index in [0.717, 1.165) is 122 Å². The molecule has 0 aromatic heterocycles. The van der Waals surface area contributed by atoms with Crippen LogP contribution in [0, 0.1) is 0 Å². The minimum atomic E-state index is -0.786. The second kappa shape index (κ2) is 63.6. The van der Waals surface area contributed by atoms with Crippen LogP contribution in [-0.4, -0.2) is 37.2 Å². The average molecular weight is 1060 g/mol. The fourth-order valence-corrected chi connectivity index (χ4v) is 8.69. The van der Waals surface area contributed by atoms with Crippen molar-refractivity contribution in [1.82, 2.24) is 0 Å². The van der Waals surface area contributed by atoms with Gasteiger partial charge in [0.15, 0.2) is 6.10 Å². The predicted octanol–water partition coefficient (Wildman–Crippen LogP) is 21.8. The third-order valence-electron chi connectivity index (χ3n) is 13.5. The number of rotatable bonds is 57. The van der Waals surface area contributed by atoms with Gasteiger partial charge in [-0.2, -0.15) is 0 Å². The van der Waals surface area contributed by atoms with Crippen molar-refractivity contribution >= 4 is 17.9 Å². The molecule has 0 aliphatic carbocycles. The molecule has 6 nitrogen and oxygen atoms in total. The molecule has 0 amide bonds. The van der Waals surface area contributed by atoms with Crippen LogP contribution < -0.4 is 0 Å². The van der Waals surface area contributed by atoms with E-state index in [9.17, 15) is 14.4 Å². The number of carbonyl (C=O) groups excluding carboxylic acids is 3. The van der Waals surface area contributed by atoms with Gasteiger partial charge >= 0.3 is 17.9 Å². The van der Waals surface area contributed by atoms with Gasteiger partial charge in [-0.05, 0) is 122 Å². The molecular weight excluding hydrogens is 937 g/mol. The Morgan fingerprint density at radius 2 is 0.526 bits per heavy atom. The van der Waals surface area contributed by atoms with Crippen molar-refractivity contribution in [3.8, 4) is 0 Å². The first-order valence-electron chi connectivity index (χ1n) is 31.9. The molecule has 76 heavy (non-hydrogen) atoms. The van der Waals surface area contributed by atoms with E-state index in [0.29, 0.717) is 19.3 Å². The van der Waals surface area contributed by atoms with Gasteiger partial charge in [-0.1, -0.05) is 265 Å². The van der Waals surface area contributed by atoms with Crippen molar-refractivity contribution in [2.24, 2.45) is 0 Å². The summed E-state index contributed by atoms with van der Waals surface area (Å²) >= 11 is 0. The largest absolute Gasteiger partial charge is 0.462 e. The second-order valence-electron chi connectivity index (χ2n) is 20.9. The number of esters is 3. The predicted molar refractivity (Wildman–Crippen MR) is 330 cm³/mol. The summed E-state index contributed by atoms with van der Waals surface area (Å²) in [6, 6.07) is 0. The molecule has 0 fully saturated rings. The lowest BCUT2D eigenvalue weighted by atomic mass is 10.0. The van der Waals surface area contributed by atoms with Gasteiger partial charge in [-0.3, -0.25) is 14.4 Å². The summed E-state index contributed by atoms with van der Waals surface area (Å²) in [5, 5.41) is 0.